The number of aromatic nitrogens is 2. The molecule has 1 aromatic carbocycles. The predicted octanol–water partition coefficient (Wildman–Crippen LogP) is 0.787. The van der Waals surface area contributed by atoms with E-state index in [-0.39, 0.29) is 6.54 Å². The summed E-state index contributed by atoms with van der Waals surface area (Å²) >= 11 is 7.21. The van der Waals surface area contributed by atoms with Gasteiger partial charge in [-0.05, 0) is 24.3 Å². The second-order valence-electron chi connectivity index (χ2n) is 4.14. The van der Waals surface area contributed by atoms with Gasteiger partial charge in [0.15, 0.2) is 4.90 Å². The molecule has 1 aromatic heterocycles. The molecule has 7 nitrogen and oxygen atoms in total. The Labute approximate surface area is 135 Å². The Morgan fingerprint density at radius 2 is 1.86 bits per heavy atom. The van der Waals surface area contributed by atoms with E-state index in [2.05, 4.69) is 9.71 Å². The van der Waals surface area contributed by atoms with E-state index < -0.39 is 26.2 Å². The van der Waals surface area contributed by atoms with Gasteiger partial charge in [-0.1, -0.05) is 11.6 Å². The van der Waals surface area contributed by atoms with Gasteiger partial charge in [0.05, 0.1) is 0 Å². The fraction of sp³-hybridized carbons (Fsp3) is 0.167. The van der Waals surface area contributed by atoms with Crippen LogP contribution in [0.5, 0.6) is 0 Å². The van der Waals surface area contributed by atoms with Gasteiger partial charge in [0.1, 0.15) is 0 Å². The minimum absolute atomic E-state index is 0.133. The summed E-state index contributed by atoms with van der Waals surface area (Å²) in [5.41, 5.74) is -1.72. The molecule has 0 saturated heterocycles. The van der Waals surface area contributed by atoms with Gasteiger partial charge in [-0.15, -0.1) is 11.8 Å². The molecule has 2 aromatic rings. The van der Waals surface area contributed by atoms with Crippen molar-refractivity contribution in [3.05, 3.63) is 56.3 Å². The van der Waals surface area contributed by atoms with Crippen LogP contribution in [-0.4, -0.2) is 30.7 Å². The zero-order valence-electron chi connectivity index (χ0n) is 11.1. The van der Waals surface area contributed by atoms with Crippen LogP contribution in [0.25, 0.3) is 0 Å². The van der Waals surface area contributed by atoms with E-state index in [1.54, 1.807) is 12.1 Å². The summed E-state index contributed by atoms with van der Waals surface area (Å²) in [4.78, 5) is 26.7. The van der Waals surface area contributed by atoms with Crippen molar-refractivity contribution in [3.63, 3.8) is 0 Å². The zero-order valence-corrected chi connectivity index (χ0v) is 13.5. The molecule has 10 heteroatoms. The Kier molecular flexibility index (Phi) is 5.46. The Bertz CT molecular complexity index is 859. The van der Waals surface area contributed by atoms with Crippen LogP contribution in [-0.2, 0) is 10.0 Å². The molecule has 1 heterocycles. The summed E-state index contributed by atoms with van der Waals surface area (Å²) in [6, 6.07) is 7.14. The van der Waals surface area contributed by atoms with E-state index in [1.807, 2.05) is 17.1 Å². The summed E-state index contributed by atoms with van der Waals surface area (Å²) in [7, 11) is -3.97. The normalized spacial score (nSPS) is 11.5. The lowest BCUT2D eigenvalue weighted by molar-refractivity contribution is 0.582. The van der Waals surface area contributed by atoms with Gasteiger partial charge >= 0.3 is 5.69 Å². The monoisotopic (exact) mass is 361 g/mol. The molecule has 0 aliphatic carbocycles. The molecule has 0 atom stereocenters. The van der Waals surface area contributed by atoms with Gasteiger partial charge < -0.3 is 4.98 Å². The minimum atomic E-state index is -3.97. The number of nitrogens with one attached hydrogen (secondary N) is 3. The van der Waals surface area contributed by atoms with Crippen molar-refractivity contribution in [1.82, 2.24) is 14.7 Å². The Hall–Kier alpha value is -1.55. The smallest absolute Gasteiger partial charge is 0.313 e. The van der Waals surface area contributed by atoms with Crippen molar-refractivity contribution in [3.8, 4) is 0 Å². The number of hydrogen-bond donors (Lipinski definition) is 3. The third kappa shape index (κ3) is 4.47. The number of aromatic amines is 2. The standard InChI is InChI=1S/C12H12ClN3O4S2/c13-8-1-3-9(4-2-8)21-6-5-15-22(19,20)10-7-14-12(18)16-11(10)17/h1-4,7,15H,5-6H2,(H2,14,16,17,18). The number of rotatable bonds is 6. The van der Waals surface area contributed by atoms with Crippen LogP contribution in [0.15, 0.2) is 49.8 Å². The van der Waals surface area contributed by atoms with Crippen LogP contribution in [0.4, 0.5) is 0 Å². The van der Waals surface area contributed by atoms with Gasteiger partial charge in [0.2, 0.25) is 10.0 Å². The molecule has 0 bridgehead atoms. The average molecular weight is 362 g/mol. The fourth-order valence-corrected chi connectivity index (χ4v) is 3.61. The highest BCUT2D eigenvalue weighted by Crippen LogP contribution is 2.19. The molecular formula is C12H12ClN3O4S2. The molecule has 118 valence electrons. The molecule has 0 saturated carbocycles. The summed E-state index contributed by atoms with van der Waals surface area (Å²) in [5, 5.41) is 0.627. The van der Waals surface area contributed by atoms with Crippen molar-refractivity contribution in [2.45, 2.75) is 9.79 Å². The predicted molar refractivity (Wildman–Crippen MR) is 85.0 cm³/mol. The minimum Gasteiger partial charge on any atom is -0.313 e. The SMILES string of the molecule is O=c1[nH]cc(S(=O)(=O)NCCSc2ccc(Cl)cc2)c(=O)[nH]1. The highest BCUT2D eigenvalue weighted by Gasteiger charge is 2.17. The van der Waals surface area contributed by atoms with Crippen molar-refractivity contribution < 1.29 is 8.42 Å². The third-order valence-corrected chi connectivity index (χ3v) is 5.28. The number of benzene rings is 1. The summed E-state index contributed by atoms with van der Waals surface area (Å²) in [5.74, 6) is 0.474. The molecule has 3 N–H and O–H groups in total. The van der Waals surface area contributed by atoms with E-state index in [9.17, 15) is 18.0 Å². The lowest BCUT2D eigenvalue weighted by atomic mass is 10.4. The summed E-state index contributed by atoms with van der Waals surface area (Å²) in [6.07, 6.45) is 0.871. The van der Waals surface area contributed by atoms with Crippen LogP contribution < -0.4 is 16.0 Å². The first-order valence-electron chi connectivity index (χ1n) is 6.08. The van der Waals surface area contributed by atoms with E-state index in [0.29, 0.717) is 10.8 Å². The molecule has 0 aliphatic rings. The number of sulfonamides is 1. The Balaban J connectivity index is 1.94. The molecule has 0 spiro atoms. The van der Waals surface area contributed by atoms with E-state index >= 15 is 0 Å². The van der Waals surface area contributed by atoms with Gasteiger partial charge in [-0.3, -0.25) is 9.78 Å². The summed E-state index contributed by atoms with van der Waals surface area (Å²) in [6.45, 7) is 0.133. The fourth-order valence-electron chi connectivity index (χ4n) is 1.55. The highest BCUT2D eigenvalue weighted by molar-refractivity contribution is 7.99. The topological polar surface area (TPSA) is 112 Å². The third-order valence-electron chi connectivity index (χ3n) is 2.55. The van der Waals surface area contributed by atoms with Gasteiger partial charge in [0.25, 0.3) is 5.56 Å². The highest BCUT2D eigenvalue weighted by atomic mass is 35.5. The van der Waals surface area contributed by atoms with Gasteiger partial charge in [-0.25, -0.2) is 17.9 Å². The molecular weight excluding hydrogens is 350 g/mol. The molecule has 0 aliphatic heterocycles. The molecule has 0 unspecified atom stereocenters. The summed E-state index contributed by atoms with van der Waals surface area (Å²) < 4.78 is 26.2. The van der Waals surface area contributed by atoms with Crippen molar-refractivity contribution in [1.29, 1.82) is 0 Å². The largest absolute Gasteiger partial charge is 0.325 e. The maximum Gasteiger partial charge on any atom is 0.325 e. The maximum absolute atomic E-state index is 11.9. The second-order valence-corrected chi connectivity index (χ2v) is 7.48. The molecule has 0 radical (unpaired) electrons. The Morgan fingerprint density at radius 1 is 1.18 bits per heavy atom. The van der Waals surface area contributed by atoms with E-state index in [0.717, 1.165) is 11.1 Å². The second kappa shape index (κ2) is 7.14. The lowest BCUT2D eigenvalue weighted by Gasteiger charge is -2.05. The van der Waals surface area contributed by atoms with E-state index in [4.69, 9.17) is 11.6 Å². The van der Waals surface area contributed by atoms with Crippen LogP contribution in [0.1, 0.15) is 0 Å². The maximum atomic E-state index is 11.9. The zero-order chi connectivity index (χ0) is 16.2. The first-order chi connectivity index (χ1) is 10.4. The molecule has 0 amide bonds. The van der Waals surface area contributed by atoms with Crippen LogP contribution in [0.2, 0.25) is 5.02 Å². The van der Waals surface area contributed by atoms with Crippen LogP contribution >= 0.6 is 23.4 Å². The number of thioether (sulfide) groups is 1. The lowest BCUT2D eigenvalue weighted by Crippen LogP contribution is -2.34. The molecule has 2 rings (SSSR count). The van der Waals surface area contributed by atoms with Gasteiger partial charge in [0, 0.05) is 28.4 Å². The number of H-pyrrole nitrogens is 2. The van der Waals surface area contributed by atoms with Crippen LogP contribution in [0.3, 0.4) is 0 Å². The van der Waals surface area contributed by atoms with Crippen molar-refractivity contribution >= 4 is 33.4 Å². The number of halogens is 1. The van der Waals surface area contributed by atoms with Crippen LogP contribution in [0, 0.1) is 0 Å². The van der Waals surface area contributed by atoms with Gasteiger partial charge in [-0.2, -0.15) is 0 Å². The first-order valence-corrected chi connectivity index (χ1v) is 8.93. The molecule has 22 heavy (non-hydrogen) atoms. The number of hydrogen-bond acceptors (Lipinski definition) is 5. The Morgan fingerprint density at radius 3 is 2.50 bits per heavy atom. The average Bonchev–Trinajstić information content (AvgIpc) is 2.45. The van der Waals surface area contributed by atoms with Crippen molar-refractivity contribution in [2.75, 3.05) is 12.3 Å². The van der Waals surface area contributed by atoms with E-state index in [1.165, 1.54) is 11.8 Å². The first kappa shape index (κ1) is 16.8. The van der Waals surface area contributed by atoms with Crippen molar-refractivity contribution in [2.24, 2.45) is 0 Å². The quantitative estimate of drug-likeness (QED) is 0.520. The molecule has 0 fully saturated rings.